The smallest absolute Gasteiger partial charge is 0.433 e. The minimum Gasteiger partial charge on any atom is -0.506 e. The monoisotopic (exact) mass is 499 g/mol. The first-order chi connectivity index (χ1) is 16.7. The number of aliphatic imine (C=N–C) groups is 1. The molecule has 0 aliphatic carbocycles. The lowest BCUT2D eigenvalue weighted by molar-refractivity contribution is -0.143. The molecular weight excluding hydrogens is 479 g/mol. The number of nitrogens with zero attached hydrogens (tertiary/aromatic N) is 3. The number of rotatable bonds is 6. The van der Waals surface area contributed by atoms with Crippen LogP contribution in [0.4, 0.5) is 13.2 Å². The van der Waals surface area contributed by atoms with E-state index in [9.17, 15) is 18.3 Å². The molecule has 3 aromatic carbocycles. The van der Waals surface area contributed by atoms with Crippen molar-refractivity contribution in [1.82, 2.24) is 9.78 Å². The second-order valence-electron chi connectivity index (χ2n) is 7.80. The Hall–Kier alpha value is -3.78. The molecule has 0 fully saturated rings. The van der Waals surface area contributed by atoms with E-state index in [1.54, 1.807) is 43.6 Å². The van der Waals surface area contributed by atoms with Gasteiger partial charge in [-0.15, -0.1) is 0 Å². The number of phenols is 1. The minimum absolute atomic E-state index is 0.00226. The van der Waals surface area contributed by atoms with Gasteiger partial charge in [0.25, 0.3) is 0 Å². The van der Waals surface area contributed by atoms with E-state index in [4.69, 9.17) is 16.3 Å². The number of aromatic nitrogens is 2. The summed E-state index contributed by atoms with van der Waals surface area (Å²) in [4.78, 5) is 3.99. The van der Waals surface area contributed by atoms with Crippen LogP contribution in [0.5, 0.6) is 11.5 Å². The van der Waals surface area contributed by atoms with Crippen LogP contribution >= 0.6 is 11.6 Å². The van der Waals surface area contributed by atoms with Gasteiger partial charge in [-0.05, 0) is 47.0 Å². The molecule has 4 rings (SSSR count). The maximum absolute atomic E-state index is 13.3. The average molecular weight is 500 g/mol. The molecule has 0 aliphatic rings. The summed E-state index contributed by atoms with van der Waals surface area (Å²) in [5.41, 5.74) is 1.92. The molecule has 9 heteroatoms. The average Bonchev–Trinajstić information content (AvgIpc) is 3.21. The summed E-state index contributed by atoms with van der Waals surface area (Å²) in [6, 6.07) is 18.4. The van der Waals surface area contributed by atoms with E-state index >= 15 is 0 Å². The fourth-order valence-electron chi connectivity index (χ4n) is 3.67. The van der Waals surface area contributed by atoms with Crippen molar-refractivity contribution in [1.29, 1.82) is 0 Å². The Kier molecular flexibility index (Phi) is 6.84. The molecule has 4 aromatic rings. The van der Waals surface area contributed by atoms with Gasteiger partial charge in [-0.1, -0.05) is 48.0 Å². The van der Waals surface area contributed by atoms with Gasteiger partial charge in [0.15, 0.2) is 0 Å². The van der Waals surface area contributed by atoms with Crippen LogP contribution < -0.4 is 4.74 Å². The van der Waals surface area contributed by atoms with Crippen molar-refractivity contribution < 1.29 is 23.0 Å². The van der Waals surface area contributed by atoms with Crippen LogP contribution in [0.1, 0.15) is 16.8 Å². The summed E-state index contributed by atoms with van der Waals surface area (Å²) in [6.45, 7) is 0.200. The maximum Gasteiger partial charge on any atom is 0.433 e. The molecule has 0 aliphatic heterocycles. The molecule has 0 saturated carbocycles. The summed E-state index contributed by atoms with van der Waals surface area (Å²) in [7, 11) is 2.87. The van der Waals surface area contributed by atoms with Crippen molar-refractivity contribution in [3.05, 3.63) is 88.6 Å². The quantitative estimate of drug-likeness (QED) is 0.298. The molecule has 1 N–H and O–H groups in total. The lowest BCUT2D eigenvalue weighted by Crippen LogP contribution is -2.11. The van der Waals surface area contributed by atoms with E-state index in [1.165, 1.54) is 13.1 Å². The van der Waals surface area contributed by atoms with Crippen LogP contribution in [0.15, 0.2) is 71.7 Å². The normalized spacial score (nSPS) is 11.8. The van der Waals surface area contributed by atoms with Crippen molar-refractivity contribution in [2.75, 3.05) is 7.05 Å². The third kappa shape index (κ3) is 5.33. The molecule has 0 saturated heterocycles. The summed E-state index contributed by atoms with van der Waals surface area (Å²) < 4.78 is 46.7. The largest absolute Gasteiger partial charge is 0.506 e. The lowest BCUT2D eigenvalue weighted by Gasteiger charge is -2.16. The van der Waals surface area contributed by atoms with Gasteiger partial charge in [0.1, 0.15) is 23.8 Å². The first-order valence-electron chi connectivity index (χ1n) is 10.5. The number of benzene rings is 3. The number of hydrogen-bond acceptors (Lipinski definition) is 4. The predicted octanol–water partition coefficient (Wildman–Crippen LogP) is 6.76. The lowest BCUT2D eigenvalue weighted by atomic mass is 9.97. The van der Waals surface area contributed by atoms with Gasteiger partial charge in [0.2, 0.25) is 0 Å². The molecule has 1 aromatic heterocycles. The number of hydrogen-bond donors (Lipinski definition) is 1. The Balaban J connectivity index is 1.79. The van der Waals surface area contributed by atoms with Gasteiger partial charge in [-0.3, -0.25) is 9.67 Å². The molecule has 1 heterocycles. The SMILES string of the molecule is C/N=C\c1ccc(-c2c(OCc3ccc(Cl)cc3)ccc(-c3cc(C(F)(F)F)n(C)n3)c2O)cc1. The van der Waals surface area contributed by atoms with E-state index in [0.29, 0.717) is 21.9 Å². The fourth-order valence-corrected chi connectivity index (χ4v) is 3.80. The van der Waals surface area contributed by atoms with Crippen LogP contribution in [-0.4, -0.2) is 28.1 Å². The summed E-state index contributed by atoms with van der Waals surface area (Å²) >= 11 is 5.95. The highest BCUT2D eigenvalue weighted by Crippen LogP contribution is 2.45. The summed E-state index contributed by atoms with van der Waals surface area (Å²) in [5, 5.41) is 15.8. The van der Waals surface area contributed by atoms with Gasteiger partial charge in [0.05, 0.1) is 11.3 Å². The Morgan fingerprint density at radius 2 is 1.74 bits per heavy atom. The number of alkyl halides is 3. The van der Waals surface area contributed by atoms with Crippen LogP contribution in [0.25, 0.3) is 22.4 Å². The Bertz CT molecular complexity index is 1360. The van der Waals surface area contributed by atoms with E-state index in [1.807, 2.05) is 24.3 Å². The molecule has 35 heavy (non-hydrogen) atoms. The Morgan fingerprint density at radius 3 is 2.34 bits per heavy atom. The highest BCUT2D eigenvalue weighted by molar-refractivity contribution is 6.30. The van der Waals surface area contributed by atoms with Crippen molar-refractivity contribution in [2.24, 2.45) is 12.0 Å². The first kappa shape index (κ1) is 24.3. The molecule has 0 amide bonds. The highest BCUT2D eigenvalue weighted by atomic mass is 35.5. The number of ether oxygens (including phenoxy) is 1. The van der Waals surface area contributed by atoms with Crippen LogP contribution in [0.3, 0.4) is 0 Å². The Morgan fingerprint density at radius 1 is 1.06 bits per heavy atom. The number of halogens is 4. The second-order valence-corrected chi connectivity index (χ2v) is 8.23. The zero-order chi connectivity index (χ0) is 25.2. The van der Waals surface area contributed by atoms with Gasteiger partial charge < -0.3 is 9.84 Å². The van der Waals surface area contributed by atoms with E-state index in [-0.39, 0.29) is 23.6 Å². The molecule has 5 nitrogen and oxygen atoms in total. The standard InChI is InChI=1S/C26H21ClF3N3O2/c1-31-14-16-3-7-18(8-4-16)24-22(35-15-17-5-9-19(27)10-6-17)12-11-20(25(24)34)21-13-23(26(28,29)30)33(2)32-21/h3-14,34H,15H2,1-2H3/b31-14-. The summed E-state index contributed by atoms with van der Waals surface area (Å²) in [6.07, 6.45) is -2.89. The van der Waals surface area contributed by atoms with Gasteiger partial charge >= 0.3 is 6.18 Å². The molecule has 180 valence electrons. The van der Waals surface area contributed by atoms with E-state index < -0.39 is 11.9 Å². The highest BCUT2D eigenvalue weighted by Gasteiger charge is 2.35. The molecule has 0 bridgehead atoms. The summed E-state index contributed by atoms with van der Waals surface area (Å²) in [5.74, 6) is 0.132. The molecule has 0 atom stereocenters. The van der Waals surface area contributed by atoms with Crippen LogP contribution in [0.2, 0.25) is 5.02 Å². The van der Waals surface area contributed by atoms with Gasteiger partial charge in [-0.2, -0.15) is 18.3 Å². The van der Waals surface area contributed by atoms with Crippen molar-refractivity contribution in [2.45, 2.75) is 12.8 Å². The fraction of sp³-hybridized carbons (Fsp3) is 0.154. The number of phenolic OH excluding ortho intramolecular Hbond substituents is 1. The minimum atomic E-state index is -4.57. The van der Waals surface area contributed by atoms with Crippen molar-refractivity contribution in [3.8, 4) is 33.9 Å². The van der Waals surface area contributed by atoms with Crippen molar-refractivity contribution >= 4 is 17.8 Å². The van der Waals surface area contributed by atoms with E-state index in [0.717, 1.165) is 21.9 Å². The maximum atomic E-state index is 13.3. The third-order valence-corrected chi connectivity index (χ3v) is 5.62. The zero-order valence-corrected chi connectivity index (χ0v) is 19.6. The van der Waals surface area contributed by atoms with Gasteiger partial charge in [-0.25, -0.2) is 0 Å². The number of aryl methyl sites for hydroxylation is 1. The second kappa shape index (κ2) is 9.84. The number of aromatic hydroxyl groups is 1. The van der Waals surface area contributed by atoms with E-state index in [2.05, 4.69) is 10.1 Å². The zero-order valence-electron chi connectivity index (χ0n) is 18.8. The third-order valence-electron chi connectivity index (χ3n) is 5.37. The van der Waals surface area contributed by atoms with Crippen LogP contribution in [0, 0.1) is 0 Å². The molecular formula is C26H21ClF3N3O2. The van der Waals surface area contributed by atoms with Crippen LogP contribution in [-0.2, 0) is 19.8 Å². The van der Waals surface area contributed by atoms with Gasteiger partial charge in [0, 0.05) is 30.9 Å². The molecule has 0 spiro atoms. The molecule has 0 unspecified atom stereocenters. The molecule has 0 radical (unpaired) electrons. The topological polar surface area (TPSA) is 59.6 Å². The Labute approximate surface area is 205 Å². The first-order valence-corrected chi connectivity index (χ1v) is 10.9. The predicted molar refractivity (Wildman–Crippen MR) is 130 cm³/mol. The van der Waals surface area contributed by atoms with Crippen molar-refractivity contribution in [3.63, 3.8) is 0 Å².